The molecule has 1 atom stereocenters. The molecule has 2 aromatic rings. The van der Waals surface area contributed by atoms with E-state index in [-0.39, 0.29) is 18.3 Å². The minimum absolute atomic E-state index is 0.0971. The van der Waals surface area contributed by atoms with Gasteiger partial charge in [-0.15, -0.1) is 0 Å². The van der Waals surface area contributed by atoms with Gasteiger partial charge in [0.1, 0.15) is 5.75 Å². The van der Waals surface area contributed by atoms with Gasteiger partial charge in [-0.25, -0.2) is 0 Å². The van der Waals surface area contributed by atoms with Crippen LogP contribution < -0.4 is 9.64 Å². The summed E-state index contributed by atoms with van der Waals surface area (Å²) in [4.78, 5) is 26.3. The quantitative estimate of drug-likeness (QED) is 0.627. The van der Waals surface area contributed by atoms with Crippen LogP contribution in [-0.2, 0) is 9.59 Å². The van der Waals surface area contributed by atoms with Crippen LogP contribution in [0.25, 0.3) is 0 Å². The van der Waals surface area contributed by atoms with Crippen molar-refractivity contribution in [3.8, 4) is 5.75 Å². The van der Waals surface area contributed by atoms with Crippen molar-refractivity contribution in [1.29, 1.82) is 0 Å². The van der Waals surface area contributed by atoms with Crippen LogP contribution in [0.1, 0.15) is 17.5 Å². The molecule has 0 saturated carbocycles. The summed E-state index contributed by atoms with van der Waals surface area (Å²) in [6.45, 7) is 4.19. The van der Waals surface area contributed by atoms with Gasteiger partial charge < -0.3 is 9.64 Å². The minimum atomic E-state index is -0.476. The average Bonchev–Trinajstić information content (AvgIpc) is 2.94. The standard InChI is InChI=1S/C19H18ClNO3/c1-12-5-3-8-17(13(12)2)24-19(23)14-9-18(22)21(11-14)16-7-4-6-15(20)10-16/h3-8,10,14H,9,11H2,1-2H3/t14-/m0/s1. The molecule has 3 rings (SSSR count). The molecular formula is C19H18ClNO3. The Kier molecular flexibility index (Phi) is 4.58. The number of aryl methyl sites for hydroxylation is 1. The van der Waals surface area contributed by atoms with Gasteiger partial charge in [0.25, 0.3) is 0 Å². The molecule has 1 aliphatic heterocycles. The van der Waals surface area contributed by atoms with Crippen LogP contribution in [0.3, 0.4) is 0 Å². The highest BCUT2D eigenvalue weighted by Gasteiger charge is 2.36. The average molecular weight is 344 g/mol. The van der Waals surface area contributed by atoms with Crippen LogP contribution in [0.15, 0.2) is 42.5 Å². The molecule has 5 heteroatoms. The van der Waals surface area contributed by atoms with Gasteiger partial charge in [0, 0.05) is 23.7 Å². The molecule has 1 fully saturated rings. The van der Waals surface area contributed by atoms with Crippen LogP contribution in [0, 0.1) is 19.8 Å². The van der Waals surface area contributed by atoms with Crippen LogP contribution in [0.4, 0.5) is 5.69 Å². The summed E-state index contributed by atoms with van der Waals surface area (Å²) in [6, 6.07) is 12.6. The maximum atomic E-state index is 12.4. The molecule has 1 aliphatic rings. The SMILES string of the molecule is Cc1cccc(OC(=O)[C@H]2CC(=O)N(c3cccc(Cl)c3)C2)c1C. The Labute approximate surface area is 146 Å². The van der Waals surface area contributed by atoms with E-state index in [1.54, 1.807) is 29.2 Å². The van der Waals surface area contributed by atoms with Crippen molar-refractivity contribution in [2.75, 3.05) is 11.4 Å². The van der Waals surface area contributed by atoms with Crippen molar-refractivity contribution < 1.29 is 14.3 Å². The summed E-state index contributed by atoms with van der Waals surface area (Å²) < 4.78 is 5.52. The predicted molar refractivity (Wildman–Crippen MR) is 93.5 cm³/mol. The van der Waals surface area contributed by atoms with Gasteiger partial charge in [-0.3, -0.25) is 9.59 Å². The molecule has 0 N–H and O–H groups in total. The second-order valence-electron chi connectivity index (χ2n) is 6.00. The first-order valence-corrected chi connectivity index (χ1v) is 8.17. The highest BCUT2D eigenvalue weighted by Crippen LogP contribution is 2.29. The molecule has 4 nitrogen and oxygen atoms in total. The van der Waals surface area contributed by atoms with Gasteiger partial charge in [-0.2, -0.15) is 0 Å². The normalized spacial score (nSPS) is 17.2. The third kappa shape index (κ3) is 3.29. The number of anilines is 1. The monoisotopic (exact) mass is 343 g/mol. The van der Waals surface area contributed by atoms with Crippen LogP contribution in [0.5, 0.6) is 5.75 Å². The number of carbonyl (C=O) groups excluding carboxylic acids is 2. The molecule has 24 heavy (non-hydrogen) atoms. The van der Waals surface area contributed by atoms with Gasteiger partial charge >= 0.3 is 5.97 Å². The highest BCUT2D eigenvalue weighted by atomic mass is 35.5. The third-order valence-electron chi connectivity index (χ3n) is 4.34. The van der Waals surface area contributed by atoms with E-state index in [1.807, 2.05) is 32.0 Å². The lowest BCUT2D eigenvalue weighted by atomic mass is 10.1. The van der Waals surface area contributed by atoms with Gasteiger partial charge in [0.15, 0.2) is 0 Å². The summed E-state index contributed by atoms with van der Waals surface area (Å²) in [5.74, 6) is -0.396. The van der Waals surface area contributed by atoms with Gasteiger partial charge in [-0.1, -0.05) is 29.8 Å². The summed E-state index contributed by atoms with van der Waals surface area (Å²) in [5.41, 5.74) is 2.69. The zero-order valence-electron chi connectivity index (χ0n) is 13.6. The smallest absolute Gasteiger partial charge is 0.316 e. The van der Waals surface area contributed by atoms with E-state index in [0.717, 1.165) is 11.1 Å². The first-order chi connectivity index (χ1) is 11.5. The van der Waals surface area contributed by atoms with E-state index in [4.69, 9.17) is 16.3 Å². The molecule has 0 aromatic heterocycles. The number of halogens is 1. The Hall–Kier alpha value is -2.33. The molecule has 124 valence electrons. The molecule has 0 radical (unpaired) electrons. The topological polar surface area (TPSA) is 46.6 Å². The van der Waals surface area contributed by atoms with E-state index >= 15 is 0 Å². The molecule has 0 spiro atoms. The number of hydrogen-bond acceptors (Lipinski definition) is 3. The summed E-state index contributed by atoms with van der Waals surface area (Å²) in [5, 5.41) is 0.557. The van der Waals surface area contributed by atoms with Gasteiger partial charge in [0.2, 0.25) is 5.91 Å². The first-order valence-electron chi connectivity index (χ1n) is 7.79. The van der Waals surface area contributed by atoms with E-state index in [1.165, 1.54) is 0 Å². The number of ether oxygens (including phenoxy) is 1. The second-order valence-corrected chi connectivity index (χ2v) is 6.44. The number of esters is 1. The van der Waals surface area contributed by atoms with Gasteiger partial charge in [-0.05, 0) is 49.2 Å². The predicted octanol–water partition coefficient (Wildman–Crippen LogP) is 3.92. The Morgan fingerprint density at radius 3 is 2.71 bits per heavy atom. The molecule has 0 bridgehead atoms. The summed E-state index contributed by atoms with van der Waals surface area (Å²) in [7, 11) is 0. The zero-order valence-corrected chi connectivity index (χ0v) is 14.3. The van der Waals surface area contributed by atoms with Crippen LogP contribution in [-0.4, -0.2) is 18.4 Å². The first kappa shape index (κ1) is 16.5. The largest absolute Gasteiger partial charge is 0.426 e. The molecule has 0 unspecified atom stereocenters. The van der Waals surface area contributed by atoms with Gasteiger partial charge in [0.05, 0.1) is 5.92 Å². The third-order valence-corrected chi connectivity index (χ3v) is 4.58. The van der Waals surface area contributed by atoms with Crippen molar-refractivity contribution in [2.45, 2.75) is 20.3 Å². The number of amides is 1. The zero-order chi connectivity index (χ0) is 17.3. The highest BCUT2D eigenvalue weighted by molar-refractivity contribution is 6.30. The maximum absolute atomic E-state index is 12.4. The molecule has 1 saturated heterocycles. The fourth-order valence-corrected chi connectivity index (χ4v) is 2.97. The Balaban J connectivity index is 1.73. The molecule has 2 aromatic carbocycles. The Morgan fingerprint density at radius 2 is 1.96 bits per heavy atom. The van der Waals surface area contributed by atoms with Crippen molar-refractivity contribution in [3.63, 3.8) is 0 Å². The summed E-state index contributed by atoms with van der Waals surface area (Å²) in [6.07, 6.45) is 0.149. The number of benzene rings is 2. The Bertz CT molecular complexity index is 803. The fourth-order valence-electron chi connectivity index (χ4n) is 2.79. The van der Waals surface area contributed by atoms with E-state index < -0.39 is 5.92 Å². The molecule has 1 heterocycles. The maximum Gasteiger partial charge on any atom is 0.316 e. The van der Waals surface area contributed by atoms with E-state index in [0.29, 0.717) is 23.0 Å². The number of carbonyl (C=O) groups is 2. The fraction of sp³-hybridized carbons (Fsp3) is 0.263. The van der Waals surface area contributed by atoms with E-state index in [9.17, 15) is 9.59 Å². The number of hydrogen-bond donors (Lipinski definition) is 0. The van der Waals surface area contributed by atoms with Crippen molar-refractivity contribution >= 4 is 29.2 Å². The molecule has 1 amide bonds. The molecule has 0 aliphatic carbocycles. The minimum Gasteiger partial charge on any atom is -0.426 e. The second kappa shape index (κ2) is 6.65. The lowest BCUT2D eigenvalue weighted by Gasteiger charge is -2.17. The van der Waals surface area contributed by atoms with Crippen molar-refractivity contribution in [2.24, 2.45) is 5.92 Å². The lowest BCUT2D eigenvalue weighted by Crippen LogP contribution is -2.27. The number of rotatable bonds is 3. The van der Waals surface area contributed by atoms with Crippen molar-refractivity contribution in [3.05, 3.63) is 58.6 Å². The van der Waals surface area contributed by atoms with Crippen molar-refractivity contribution in [1.82, 2.24) is 0 Å². The Morgan fingerprint density at radius 1 is 1.21 bits per heavy atom. The van der Waals surface area contributed by atoms with Crippen LogP contribution >= 0.6 is 11.6 Å². The summed E-state index contributed by atoms with van der Waals surface area (Å²) >= 11 is 5.98. The number of nitrogens with zero attached hydrogens (tertiary/aromatic N) is 1. The lowest BCUT2D eigenvalue weighted by molar-refractivity contribution is -0.139. The van der Waals surface area contributed by atoms with Crippen LogP contribution in [0.2, 0.25) is 5.02 Å². The van der Waals surface area contributed by atoms with E-state index in [2.05, 4.69) is 0 Å². The molecular weight excluding hydrogens is 326 g/mol.